The highest BCUT2D eigenvalue weighted by molar-refractivity contribution is 7.99. The number of hydrogen-bond donors (Lipinski definition) is 1. The highest BCUT2D eigenvalue weighted by Gasteiger charge is 2.23. The van der Waals surface area contributed by atoms with E-state index >= 15 is 0 Å². The number of carbonyl (C=O) groups is 2. The minimum absolute atomic E-state index is 0.0710. The quantitative estimate of drug-likeness (QED) is 0.902. The second kappa shape index (κ2) is 5.65. The topological polar surface area (TPSA) is 57.6 Å². The SMILES string of the molecule is Cc1cc(C(=O)O)cc(C(=O)N2CCSC(C)C2)c1. The molecule has 102 valence electrons. The molecule has 1 unspecified atom stereocenters. The Bertz CT molecular complexity index is 515. The molecule has 5 heteroatoms. The zero-order valence-corrected chi connectivity index (χ0v) is 11.9. The Balaban J connectivity index is 2.25. The van der Waals surface area contributed by atoms with Gasteiger partial charge in [-0.2, -0.15) is 11.8 Å². The summed E-state index contributed by atoms with van der Waals surface area (Å²) in [5.41, 5.74) is 1.43. The molecule has 1 saturated heterocycles. The lowest BCUT2D eigenvalue weighted by molar-refractivity contribution is 0.0696. The predicted molar refractivity (Wildman–Crippen MR) is 76.0 cm³/mol. The summed E-state index contributed by atoms with van der Waals surface area (Å²) in [6, 6.07) is 4.79. The van der Waals surface area contributed by atoms with Crippen LogP contribution in [0.5, 0.6) is 0 Å². The molecule has 1 amide bonds. The van der Waals surface area contributed by atoms with E-state index in [1.165, 1.54) is 6.07 Å². The number of carboxylic acids is 1. The fourth-order valence-corrected chi connectivity index (χ4v) is 3.23. The molecule has 1 aromatic carbocycles. The van der Waals surface area contributed by atoms with E-state index in [0.717, 1.165) is 24.4 Å². The fraction of sp³-hybridized carbons (Fsp3) is 0.429. The zero-order chi connectivity index (χ0) is 14.0. The van der Waals surface area contributed by atoms with Gasteiger partial charge in [-0.25, -0.2) is 4.79 Å². The van der Waals surface area contributed by atoms with Gasteiger partial charge in [0.25, 0.3) is 5.91 Å². The van der Waals surface area contributed by atoms with Gasteiger partial charge in [-0.15, -0.1) is 0 Å². The van der Waals surface area contributed by atoms with Gasteiger partial charge in [0.2, 0.25) is 0 Å². The van der Waals surface area contributed by atoms with Gasteiger partial charge in [0.1, 0.15) is 0 Å². The molecule has 19 heavy (non-hydrogen) atoms. The average molecular weight is 279 g/mol. The number of benzene rings is 1. The normalized spacial score (nSPS) is 19.3. The Morgan fingerprint density at radius 2 is 2.00 bits per heavy atom. The van der Waals surface area contributed by atoms with E-state index in [1.54, 1.807) is 19.1 Å². The summed E-state index contributed by atoms with van der Waals surface area (Å²) in [5.74, 6) is -0.136. The number of amides is 1. The molecule has 1 atom stereocenters. The number of nitrogens with zero attached hydrogens (tertiary/aromatic N) is 1. The summed E-state index contributed by atoms with van der Waals surface area (Å²) in [5, 5.41) is 9.47. The van der Waals surface area contributed by atoms with Gasteiger partial charge in [0, 0.05) is 29.7 Å². The molecule has 0 saturated carbocycles. The van der Waals surface area contributed by atoms with E-state index in [-0.39, 0.29) is 11.5 Å². The number of aromatic carboxylic acids is 1. The first-order valence-corrected chi connectivity index (χ1v) is 7.28. The first kappa shape index (κ1) is 13.9. The molecule has 0 aromatic heterocycles. The van der Waals surface area contributed by atoms with Crippen LogP contribution in [-0.2, 0) is 0 Å². The third-order valence-electron chi connectivity index (χ3n) is 3.10. The van der Waals surface area contributed by atoms with Crippen molar-refractivity contribution in [1.29, 1.82) is 0 Å². The minimum Gasteiger partial charge on any atom is -0.478 e. The van der Waals surface area contributed by atoms with Crippen molar-refractivity contribution in [3.8, 4) is 0 Å². The van der Waals surface area contributed by atoms with Crippen LogP contribution in [-0.4, -0.2) is 46.0 Å². The fourth-order valence-electron chi connectivity index (χ4n) is 2.22. The van der Waals surface area contributed by atoms with Crippen LogP contribution in [0.1, 0.15) is 33.2 Å². The molecule has 0 aliphatic carbocycles. The molecule has 4 nitrogen and oxygen atoms in total. The van der Waals surface area contributed by atoms with Crippen LogP contribution in [0.15, 0.2) is 18.2 Å². The molecule has 0 radical (unpaired) electrons. The monoisotopic (exact) mass is 279 g/mol. The molecule has 1 aliphatic heterocycles. The van der Waals surface area contributed by atoms with Gasteiger partial charge in [0.05, 0.1) is 5.56 Å². The molecular weight excluding hydrogens is 262 g/mol. The van der Waals surface area contributed by atoms with E-state index in [4.69, 9.17) is 5.11 Å². The largest absolute Gasteiger partial charge is 0.478 e. The predicted octanol–water partition coefficient (Wildman–Crippen LogP) is 2.27. The van der Waals surface area contributed by atoms with Crippen molar-refractivity contribution in [2.75, 3.05) is 18.8 Å². The summed E-state index contributed by atoms with van der Waals surface area (Å²) in [4.78, 5) is 25.2. The highest BCUT2D eigenvalue weighted by atomic mass is 32.2. The van der Waals surface area contributed by atoms with Crippen LogP contribution in [0.4, 0.5) is 0 Å². The van der Waals surface area contributed by atoms with E-state index in [9.17, 15) is 9.59 Å². The van der Waals surface area contributed by atoms with Crippen LogP contribution in [0.2, 0.25) is 0 Å². The van der Waals surface area contributed by atoms with Crippen LogP contribution in [0, 0.1) is 6.92 Å². The van der Waals surface area contributed by atoms with Crippen LogP contribution in [0.25, 0.3) is 0 Å². The lowest BCUT2D eigenvalue weighted by atomic mass is 10.1. The van der Waals surface area contributed by atoms with Crippen molar-refractivity contribution in [3.05, 3.63) is 34.9 Å². The van der Waals surface area contributed by atoms with E-state index in [1.807, 2.05) is 16.7 Å². The number of hydrogen-bond acceptors (Lipinski definition) is 3. The molecule has 0 bridgehead atoms. The van der Waals surface area contributed by atoms with Gasteiger partial charge in [-0.3, -0.25) is 4.79 Å². The number of rotatable bonds is 2. The van der Waals surface area contributed by atoms with E-state index < -0.39 is 5.97 Å². The minimum atomic E-state index is -1.000. The Hall–Kier alpha value is -1.49. The molecule has 1 heterocycles. The second-order valence-corrected chi connectivity index (χ2v) is 6.37. The molecule has 1 aromatic rings. The van der Waals surface area contributed by atoms with E-state index in [2.05, 4.69) is 6.92 Å². The van der Waals surface area contributed by atoms with Gasteiger partial charge in [-0.1, -0.05) is 6.92 Å². The lowest BCUT2D eigenvalue weighted by Gasteiger charge is -2.30. The summed E-state index contributed by atoms with van der Waals surface area (Å²) >= 11 is 1.86. The van der Waals surface area contributed by atoms with Crippen LogP contribution >= 0.6 is 11.8 Å². The van der Waals surface area contributed by atoms with Crippen LogP contribution in [0.3, 0.4) is 0 Å². The Kier molecular flexibility index (Phi) is 4.14. The molecule has 1 fully saturated rings. The molecular formula is C14H17NO3S. The first-order valence-electron chi connectivity index (χ1n) is 6.23. The Labute approximate surface area is 116 Å². The maximum absolute atomic E-state index is 12.4. The zero-order valence-electron chi connectivity index (χ0n) is 11.0. The third kappa shape index (κ3) is 3.29. The summed E-state index contributed by atoms with van der Waals surface area (Å²) in [6.45, 7) is 5.35. The highest BCUT2D eigenvalue weighted by Crippen LogP contribution is 2.20. The number of carboxylic acid groups (broad SMARTS) is 1. The van der Waals surface area contributed by atoms with Crippen molar-refractivity contribution in [2.45, 2.75) is 19.1 Å². The summed E-state index contributed by atoms with van der Waals surface area (Å²) in [7, 11) is 0. The average Bonchev–Trinajstić information content (AvgIpc) is 2.37. The standard InChI is InChI=1S/C14H17NO3S/c1-9-5-11(7-12(6-9)14(17)18)13(16)15-3-4-19-10(2)8-15/h5-7,10H,3-4,8H2,1-2H3,(H,17,18). The summed E-state index contributed by atoms with van der Waals surface area (Å²) in [6.07, 6.45) is 0. The molecule has 2 rings (SSSR count). The number of aryl methyl sites for hydroxylation is 1. The van der Waals surface area contributed by atoms with Crippen molar-refractivity contribution < 1.29 is 14.7 Å². The second-order valence-electron chi connectivity index (χ2n) is 4.83. The summed E-state index contributed by atoms with van der Waals surface area (Å²) < 4.78 is 0. The maximum Gasteiger partial charge on any atom is 0.335 e. The van der Waals surface area contributed by atoms with Crippen molar-refractivity contribution in [3.63, 3.8) is 0 Å². The number of carbonyl (C=O) groups excluding carboxylic acids is 1. The van der Waals surface area contributed by atoms with E-state index in [0.29, 0.717) is 10.8 Å². The van der Waals surface area contributed by atoms with Gasteiger partial charge in [-0.05, 0) is 30.7 Å². The van der Waals surface area contributed by atoms with Crippen molar-refractivity contribution >= 4 is 23.6 Å². The smallest absolute Gasteiger partial charge is 0.335 e. The third-order valence-corrected chi connectivity index (χ3v) is 4.24. The van der Waals surface area contributed by atoms with Crippen LogP contribution < -0.4 is 0 Å². The Morgan fingerprint density at radius 3 is 2.63 bits per heavy atom. The van der Waals surface area contributed by atoms with Gasteiger partial charge in [0.15, 0.2) is 0 Å². The van der Waals surface area contributed by atoms with Gasteiger partial charge >= 0.3 is 5.97 Å². The molecule has 0 spiro atoms. The van der Waals surface area contributed by atoms with Crippen molar-refractivity contribution in [2.24, 2.45) is 0 Å². The molecule has 1 aliphatic rings. The van der Waals surface area contributed by atoms with Crippen molar-refractivity contribution in [1.82, 2.24) is 4.90 Å². The first-order chi connectivity index (χ1) is 8.97. The van der Waals surface area contributed by atoms with Gasteiger partial charge < -0.3 is 10.0 Å². The lowest BCUT2D eigenvalue weighted by Crippen LogP contribution is -2.41. The Morgan fingerprint density at radius 1 is 1.32 bits per heavy atom. The maximum atomic E-state index is 12.4. The molecule has 1 N–H and O–H groups in total. The number of thioether (sulfide) groups is 1.